The van der Waals surface area contributed by atoms with Crippen molar-refractivity contribution >= 4 is 10.4 Å². The van der Waals surface area contributed by atoms with Crippen LogP contribution in [0.4, 0.5) is 0 Å². The van der Waals surface area contributed by atoms with Gasteiger partial charge in [-0.05, 0) is 48.3 Å². The van der Waals surface area contributed by atoms with E-state index in [4.69, 9.17) is 8.37 Å². The fourth-order valence-corrected chi connectivity index (χ4v) is 6.57. The minimum absolute atomic E-state index is 0.235. The van der Waals surface area contributed by atoms with Crippen molar-refractivity contribution in [3.8, 4) is 0 Å². The van der Waals surface area contributed by atoms with E-state index in [2.05, 4.69) is 55.4 Å². The average Bonchev–Trinajstić information content (AvgIpc) is 2.87. The van der Waals surface area contributed by atoms with Crippen LogP contribution in [0.1, 0.15) is 184 Å². The molecule has 0 aliphatic carbocycles. The van der Waals surface area contributed by atoms with Crippen LogP contribution in [0.25, 0.3) is 0 Å². The number of unbranched alkanes of at least 4 members (excludes halogenated alkanes) is 4. The van der Waals surface area contributed by atoms with Crippen molar-refractivity contribution in [3.05, 3.63) is 0 Å². The maximum Gasteiger partial charge on any atom is 0.399 e. The molecular formula is C36H74O4S. The van der Waals surface area contributed by atoms with Gasteiger partial charge in [0.2, 0.25) is 0 Å². The Labute approximate surface area is 259 Å². The van der Waals surface area contributed by atoms with Gasteiger partial charge < -0.3 is 0 Å². The zero-order chi connectivity index (χ0) is 30.9. The molecule has 248 valence electrons. The van der Waals surface area contributed by atoms with E-state index in [1.807, 2.05) is 0 Å². The summed E-state index contributed by atoms with van der Waals surface area (Å²) in [5.74, 6) is 4.86. The van der Waals surface area contributed by atoms with Gasteiger partial charge in [-0.15, -0.1) is 0 Å². The highest BCUT2D eigenvalue weighted by Crippen LogP contribution is 2.23. The molecule has 0 aromatic rings. The first-order valence-corrected chi connectivity index (χ1v) is 19.3. The summed E-state index contributed by atoms with van der Waals surface area (Å²) in [5.41, 5.74) is 0. The molecular weight excluding hydrogens is 528 g/mol. The Kier molecular flexibility index (Phi) is 26.2. The van der Waals surface area contributed by atoms with Crippen LogP contribution in [0, 0.1) is 35.5 Å². The molecule has 0 aromatic heterocycles. The van der Waals surface area contributed by atoms with Gasteiger partial charge in [0.15, 0.2) is 0 Å². The molecule has 5 heteroatoms. The van der Waals surface area contributed by atoms with Crippen LogP contribution >= 0.6 is 0 Å². The second-order valence-corrected chi connectivity index (χ2v) is 16.0. The largest absolute Gasteiger partial charge is 0.399 e. The smallest absolute Gasteiger partial charge is 0.248 e. The zero-order valence-corrected chi connectivity index (χ0v) is 29.9. The first kappa shape index (κ1) is 40.9. The molecule has 0 saturated carbocycles. The third-order valence-corrected chi connectivity index (χ3v) is 9.79. The van der Waals surface area contributed by atoms with Crippen molar-refractivity contribution in [1.82, 2.24) is 0 Å². The van der Waals surface area contributed by atoms with Gasteiger partial charge in [-0.1, -0.05) is 171 Å². The quantitative estimate of drug-likeness (QED) is 0.0767. The normalized spacial score (nSPS) is 15.5. The van der Waals surface area contributed by atoms with Gasteiger partial charge in [0.05, 0.1) is 13.2 Å². The van der Waals surface area contributed by atoms with Gasteiger partial charge in [-0.3, -0.25) is 0 Å². The van der Waals surface area contributed by atoms with E-state index in [1.54, 1.807) is 0 Å². The molecule has 0 N–H and O–H groups in total. The van der Waals surface area contributed by atoms with Crippen LogP contribution in [0.2, 0.25) is 0 Å². The van der Waals surface area contributed by atoms with Gasteiger partial charge in [-0.25, -0.2) is 8.37 Å². The topological polar surface area (TPSA) is 52.6 Å². The van der Waals surface area contributed by atoms with Crippen LogP contribution < -0.4 is 0 Å². The Morgan fingerprint density at radius 1 is 0.366 bits per heavy atom. The molecule has 0 amide bonds. The lowest BCUT2D eigenvalue weighted by Crippen LogP contribution is -2.12. The van der Waals surface area contributed by atoms with Crippen LogP contribution in [0.5, 0.6) is 0 Å². The van der Waals surface area contributed by atoms with Gasteiger partial charge >= 0.3 is 10.4 Å². The van der Waals surface area contributed by atoms with E-state index in [9.17, 15) is 8.42 Å². The summed E-state index contributed by atoms with van der Waals surface area (Å²) in [5, 5.41) is 0. The molecule has 0 aliphatic rings. The van der Waals surface area contributed by atoms with Crippen LogP contribution in [-0.4, -0.2) is 21.6 Å². The molecule has 0 spiro atoms. The Bertz CT molecular complexity index is 610. The first-order valence-electron chi connectivity index (χ1n) is 17.9. The van der Waals surface area contributed by atoms with Crippen molar-refractivity contribution in [2.75, 3.05) is 13.2 Å². The van der Waals surface area contributed by atoms with Crippen LogP contribution in [-0.2, 0) is 18.8 Å². The molecule has 0 saturated heterocycles. The van der Waals surface area contributed by atoms with E-state index in [0.717, 1.165) is 74.0 Å². The SMILES string of the molecule is CC(C)CCCC(C)CCCC(C)CCCCCOS(=O)(=O)OCCCCCC(C)CCCC(C)CCCC(C)C. The highest BCUT2D eigenvalue weighted by Gasteiger charge is 2.12. The fraction of sp³-hybridized carbons (Fsp3) is 1.00. The predicted molar refractivity (Wildman–Crippen MR) is 179 cm³/mol. The third-order valence-electron chi connectivity index (χ3n) is 8.88. The summed E-state index contributed by atoms with van der Waals surface area (Å²) < 4.78 is 34.2. The standard InChI is InChI=1S/C36H74O4S/c1-31(2)19-15-23-35(7)27-17-25-33(5)21-11-9-13-29-39-41(37,38)40-30-14-10-12-22-34(6)26-18-28-36(8)24-16-20-32(3)4/h31-36H,9-30H2,1-8H3. The van der Waals surface area contributed by atoms with E-state index in [0.29, 0.717) is 0 Å². The molecule has 4 unspecified atom stereocenters. The lowest BCUT2D eigenvalue weighted by Gasteiger charge is -2.15. The fourth-order valence-electron chi connectivity index (χ4n) is 5.86. The summed E-state index contributed by atoms with van der Waals surface area (Å²) in [6.07, 6.45) is 24.5. The summed E-state index contributed by atoms with van der Waals surface area (Å²) in [6.45, 7) is 19.2. The minimum Gasteiger partial charge on any atom is -0.248 e. The Morgan fingerprint density at radius 2 is 0.634 bits per heavy atom. The Balaban J connectivity index is 3.63. The van der Waals surface area contributed by atoms with Gasteiger partial charge in [0.25, 0.3) is 0 Å². The summed E-state index contributed by atoms with van der Waals surface area (Å²) in [4.78, 5) is 0. The second-order valence-electron chi connectivity index (χ2n) is 14.7. The highest BCUT2D eigenvalue weighted by molar-refractivity contribution is 7.81. The maximum atomic E-state index is 12.0. The lowest BCUT2D eigenvalue weighted by atomic mass is 9.92. The molecule has 0 rings (SSSR count). The number of rotatable bonds is 30. The molecule has 0 fully saturated rings. The molecule has 0 heterocycles. The van der Waals surface area contributed by atoms with Crippen LogP contribution in [0.15, 0.2) is 0 Å². The van der Waals surface area contributed by atoms with E-state index < -0.39 is 10.4 Å². The minimum atomic E-state index is -3.85. The van der Waals surface area contributed by atoms with Crippen molar-refractivity contribution in [2.45, 2.75) is 184 Å². The zero-order valence-electron chi connectivity index (χ0n) is 29.1. The van der Waals surface area contributed by atoms with Crippen LogP contribution in [0.3, 0.4) is 0 Å². The van der Waals surface area contributed by atoms with E-state index in [-0.39, 0.29) is 13.2 Å². The van der Waals surface area contributed by atoms with E-state index in [1.165, 1.54) is 89.9 Å². The molecule has 4 atom stereocenters. The lowest BCUT2D eigenvalue weighted by molar-refractivity contribution is 0.207. The van der Waals surface area contributed by atoms with Gasteiger partial charge in [0.1, 0.15) is 0 Å². The molecule has 4 nitrogen and oxygen atoms in total. The molecule has 0 aliphatic heterocycles. The van der Waals surface area contributed by atoms with Crippen molar-refractivity contribution in [3.63, 3.8) is 0 Å². The van der Waals surface area contributed by atoms with Crippen molar-refractivity contribution in [1.29, 1.82) is 0 Å². The highest BCUT2D eigenvalue weighted by atomic mass is 32.3. The van der Waals surface area contributed by atoms with E-state index >= 15 is 0 Å². The number of hydrogen-bond acceptors (Lipinski definition) is 4. The molecule has 0 radical (unpaired) electrons. The maximum absolute atomic E-state index is 12.0. The molecule has 0 aromatic carbocycles. The average molecular weight is 603 g/mol. The van der Waals surface area contributed by atoms with Gasteiger partial charge in [0, 0.05) is 0 Å². The first-order chi connectivity index (χ1) is 19.4. The Morgan fingerprint density at radius 3 is 0.927 bits per heavy atom. The Hall–Kier alpha value is -0.130. The second kappa shape index (κ2) is 26.3. The summed E-state index contributed by atoms with van der Waals surface area (Å²) in [7, 11) is -3.85. The molecule has 0 bridgehead atoms. The summed E-state index contributed by atoms with van der Waals surface area (Å²) in [6, 6.07) is 0. The monoisotopic (exact) mass is 603 g/mol. The third kappa shape index (κ3) is 29.7. The van der Waals surface area contributed by atoms with Crippen molar-refractivity contribution < 1.29 is 16.8 Å². The number of hydrogen-bond donors (Lipinski definition) is 0. The van der Waals surface area contributed by atoms with Crippen molar-refractivity contribution in [2.24, 2.45) is 35.5 Å². The predicted octanol–water partition coefficient (Wildman–Crippen LogP) is 11.9. The molecule has 41 heavy (non-hydrogen) atoms. The summed E-state index contributed by atoms with van der Waals surface area (Å²) >= 11 is 0. The van der Waals surface area contributed by atoms with Gasteiger partial charge in [-0.2, -0.15) is 8.42 Å².